The number of hydrogen-bond donors (Lipinski definition) is 2. The van der Waals surface area contributed by atoms with Crippen LogP contribution in [0.3, 0.4) is 0 Å². The fourth-order valence-electron chi connectivity index (χ4n) is 6.97. The Labute approximate surface area is 270 Å². The van der Waals surface area contributed by atoms with E-state index in [0.717, 1.165) is 42.4 Å². The van der Waals surface area contributed by atoms with Gasteiger partial charge in [0.05, 0.1) is 11.9 Å². The number of likely N-dealkylation sites (tertiary alicyclic amines) is 1. The minimum Gasteiger partial charge on any atom is -0.364 e. The van der Waals surface area contributed by atoms with Crippen LogP contribution in [0.1, 0.15) is 77.3 Å². The van der Waals surface area contributed by atoms with Gasteiger partial charge in [-0.2, -0.15) is 0 Å². The van der Waals surface area contributed by atoms with Crippen molar-refractivity contribution >= 4 is 29.0 Å². The standard InChI is InChI=1S/C37H41N7O2/c38-36(46)35-37(41-30-11-8-26(9-12-30)27-16-19-43(20-17-27)31-13-14-31)42-34(23-40-35)44-18-4-5-25(24-44)21-33(45)29-10-15-32(39-22-29)28-6-2-1-3-7-28/h1-3,6-12,15,22-23,25,27,31H,4-5,13-14,16-21,24H2,(H2,38,46)(H,41,42)/t25-/m0/s1. The molecule has 2 saturated heterocycles. The molecule has 2 aromatic carbocycles. The van der Waals surface area contributed by atoms with E-state index in [-0.39, 0.29) is 17.4 Å². The number of piperidine rings is 2. The molecule has 2 aliphatic heterocycles. The maximum atomic E-state index is 13.2. The van der Waals surface area contributed by atoms with Crippen LogP contribution in [0.15, 0.2) is 79.1 Å². The van der Waals surface area contributed by atoms with E-state index in [4.69, 9.17) is 10.7 Å². The van der Waals surface area contributed by atoms with Gasteiger partial charge in [-0.3, -0.25) is 14.6 Å². The lowest BCUT2D eigenvalue weighted by Crippen LogP contribution is -2.37. The number of Topliss-reactive ketones (excluding diaryl/α,β-unsaturated/α-hetero) is 1. The van der Waals surface area contributed by atoms with Gasteiger partial charge < -0.3 is 20.9 Å². The Morgan fingerprint density at radius 1 is 0.848 bits per heavy atom. The lowest BCUT2D eigenvalue weighted by atomic mass is 9.89. The fraction of sp³-hybridized carbons (Fsp3) is 0.378. The summed E-state index contributed by atoms with van der Waals surface area (Å²) in [5.41, 5.74) is 10.5. The Balaban J connectivity index is 0.994. The molecule has 1 atom stereocenters. The highest BCUT2D eigenvalue weighted by Crippen LogP contribution is 2.35. The van der Waals surface area contributed by atoms with E-state index in [1.54, 1.807) is 12.4 Å². The maximum absolute atomic E-state index is 13.2. The van der Waals surface area contributed by atoms with Crippen molar-refractivity contribution in [1.82, 2.24) is 19.9 Å². The number of benzene rings is 2. The van der Waals surface area contributed by atoms with Crippen LogP contribution in [-0.2, 0) is 0 Å². The molecule has 1 saturated carbocycles. The molecule has 3 aliphatic rings. The summed E-state index contributed by atoms with van der Waals surface area (Å²) in [6.07, 6.45) is 10.7. The molecule has 4 aromatic rings. The van der Waals surface area contributed by atoms with Gasteiger partial charge in [0.1, 0.15) is 5.82 Å². The van der Waals surface area contributed by atoms with E-state index < -0.39 is 5.91 Å². The second-order valence-electron chi connectivity index (χ2n) is 13.0. The van der Waals surface area contributed by atoms with Gasteiger partial charge in [0.25, 0.3) is 5.91 Å². The lowest BCUT2D eigenvalue weighted by molar-refractivity contribution is 0.0954. The second kappa shape index (κ2) is 13.4. The van der Waals surface area contributed by atoms with Gasteiger partial charge in [0.15, 0.2) is 17.3 Å². The number of primary amides is 1. The lowest BCUT2D eigenvalue weighted by Gasteiger charge is -2.33. The van der Waals surface area contributed by atoms with Crippen LogP contribution in [0.2, 0.25) is 0 Å². The second-order valence-corrected chi connectivity index (χ2v) is 13.0. The number of aromatic nitrogens is 3. The van der Waals surface area contributed by atoms with Crippen LogP contribution < -0.4 is 16.0 Å². The molecule has 3 N–H and O–H groups in total. The third kappa shape index (κ3) is 6.94. The Bertz CT molecular complexity index is 1660. The van der Waals surface area contributed by atoms with Gasteiger partial charge >= 0.3 is 0 Å². The number of nitrogens with two attached hydrogens (primary N) is 1. The first kappa shape index (κ1) is 30.0. The number of carbonyl (C=O) groups excluding carboxylic acids is 2. The molecule has 9 heteroatoms. The van der Waals surface area contributed by atoms with Crippen molar-refractivity contribution in [1.29, 1.82) is 0 Å². The molecule has 4 heterocycles. The van der Waals surface area contributed by atoms with Gasteiger partial charge in [0, 0.05) is 48.6 Å². The van der Waals surface area contributed by atoms with Gasteiger partial charge in [0.2, 0.25) is 0 Å². The summed E-state index contributed by atoms with van der Waals surface area (Å²) >= 11 is 0. The summed E-state index contributed by atoms with van der Waals surface area (Å²) in [6, 6.07) is 23.0. The van der Waals surface area contributed by atoms with Gasteiger partial charge in [-0.25, -0.2) is 9.97 Å². The first-order valence-corrected chi connectivity index (χ1v) is 16.6. The predicted molar refractivity (Wildman–Crippen MR) is 180 cm³/mol. The molecule has 3 fully saturated rings. The van der Waals surface area contributed by atoms with E-state index in [1.807, 2.05) is 54.6 Å². The molecule has 46 heavy (non-hydrogen) atoms. The smallest absolute Gasteiger partial charge is 0.271 e. The third-order valence-corrected chi connectivity index (χ3v) is 9.70. The molecule has 0 unspecified atom stereocenters. The zero-order valence-electron chi connectivity index (χ0n) is 26.1. The molecule has 7 rings (SSSR count). The predicted octanol–water partition coefficient (Wildman–Crippen LogP) is 6.21. The zero-order valence-corrected chi connectivity index (χ0v) is 26.1. The highest BCUT2D eigenvalue weighted by molar-refractivity contribution is 5.97. The Kier molecular flexibility index (Phi) is 8.74. The van der Waals surface area contributed by atoms with E-state index in [0.29, 0.717) is 36.1 Å². The first-order valence-electron chi connectivity index (χ1n) is 16.6. The molecular weight excluding hydrogens is 574 g/mol. The number of rotatable bonds is 10. The van der Waals surface area contributed by atoms with E-state index in [1.165, 1.54) is 44.3 Å². The third-order valence-electron chi connectivity index (χ3n) is 9.70. The van der Waals surface area contributed by atoms with Crippen LogP contribution in [0, 0.1) is 5.92 Å². The first-order chi connectivity index (χ1) is 22.5. The van der Waals surface area contributed by atoms with Gasteiger partial charge in [-0.1, -0.05) is 42.5 Å². The highest BCUT2D eigenvalue weighted by Gasteiger charge is 2.32. The van der Waals surface area contributed by atoms with Gasteiger partial charge in [-0.05, 0) is 93.3 Å². The largest absolute Gasteiger partial charge is 0.364 e. The quantitative estimate of drug-likeness (QED) is 0.202. The van der Waals surface area contributed by atoms with Crippen LogP contribution in [0.5, 0.6) is 0 Å². The Morgan fingerprint density at radius 3 is 2.33 bits per heavy atom. The number of nitrogens with zero attached hydrogens (tertiary/aromatic N) is 5. The van der Waals surface area contributed by atoms with E-state index in [2.05, 4.69) is 37.2 Å². The number of carbonyl (C=O) groups is 2. The highest BCUT2D eigenvalue weighted by atomic mass is 16.1. The van der Waals surface area contributed by atoms with Crippen molar-refractivity contribution in [3.63, 3.8) is 0 Å². The molecule has 2 aromatic heterocycles. The van der Waals surface area contributed by atoms with Crippen LogP contribution in [-0.4, -0.2) is 63.8 Å². The average Bonchev–Trinajstić information content (AvgIpc) is 3.95. The number of nitrogens with one attached hydrogen (secondary N) is 1. The van der Waals surface area contributed by atoms with Crippen LogP contribution >= 0.6 is 0 Å². The SMILES string of the molecule is NC(=O)c1ncc(N2CCC[C@@H](CC(=O)c3ccc(-c4ccccc4)nc3)C2)nc1Nc1ccc(C2CCN(C3CC3)CC2)cc1. The summed E-state index contributed by atoms with van der Waals surface area (Å²) in [5, 5.41) is 3.30. The molecule has 0 spiro atoms. The normalized spacial score (nSPS) is 19.1. The van der Waals surface area contributed by atoms with E-state index in [9.17, 15) is 9.59 Å². The van der Waals surface area contributed by atoms with Gasteiger partial charge in [-0.15, -0.1) is 0 Å². The average molecular weight is 616 g/mol. The molecule has 1 amide bonds. The van der Waals surface area contributed by atoms with Crippen molar-refractivity contribution in [2.24, 2.45) is 11.7 Å². The number of anilines is 3. The van der Waals surface area contributed by atoms with Crippen molar-refractivity contribution in [2.45, 2.75) is 56.9 Å². The summed E-state index contributed by atoms with van der Waals surface area (Å²) in [7, 11) is 0. The van der Waals surface area contributed by atoms with Crippen molar-refractivity contribution in [3.8, 4) is 11.3 Å². The number of hydrogen-bond acceptors (Lipinski definition) is 8. The Morgan fingerprint density at radius 2 is 1.63 bits per heavy atom. The summed E-state index contributed by atoms with van der Waals surface area (Å²) < 4.78 is 0. The molecule has 0 radical (unpaired) electrons. The fourth-order valence-corrected chi connectivity index (χ4v) is 6.97. The van der Waals surface area contributed by atoms with Crippen LogP contribution in [0.25, 0.3) is 11.3 Å². The molecule has 9 nitrogen and oxygen atoms in total. The number of amides is 1. The molecule has 1 aliphatic carbocycles. The van der Waals surface area contributed by atoms with E-state index >= 15 is 0 Å². The minimum absolute atomic E-state index is 0.0911. The van der Waals surface area contributed by atoms with Crippen LogP contribution in [0.4, 0.5) is 17.3 Å². The topological polar surface area (TPSA) is 117 Å². The monoisotopic (exact) mass is 615 g/mol. The number of ketones is 1. The minimum atomic E-state index is -0.630. The molecule has 236 valence electrons. The molecule has 0 bridgehead atoms. The maximum Gasteiger partial charge on any atom is 0.271 e. The van der Waals surface area contributed by atoms with Crippen molar-refractivity contribution in [2.75, 3.05) is 36.4 Å². The van der Waals surface area contributed by atoms with Crippen molar-refractivity contribution in [3.05, 3.63) is 95.9 Å². The Hall–Kier alpha value is -4.63. The molecular formula is C37H41N7O2. The summed E-state index contributed by atoms with van der Waals surface area (Å²) in [4.78, 5) is 44.0. The van der Waals surface area contributed by atoms with Crippen molar-refractivity contribution < 1.29 is 9.59 Å². The summed E-state index contributed by atoms with van der Waals surface area (Å²) in [6.45, 7) is 3.85. The zero-order chi connectivity index (χ0) is 31.5. The number of pyridine rings is 1. The summed E-state index contributed by atoms with van der Waals surface area (Å²) in [5.74, 6) is 1.23.